The Morgan fingerprint density at radius 3 is 2.73 bits per heavy atom. The van der Waals surface area contributed by atoms with Crippen LogP contribution < -0.4 is 10.1 Å². The van der Waals surface area contributed by atoms with E-state index in [0.717, 1.165) is 12.8 Å². The SMILES string of the molecule is CCCCN(CC)S(=O)(=O)c1cc2c(cc1Br)NC(=O)CO2. The molecule has 6 nitrogen and oxygen atoms in total. The molecule has 1 aromatic rings. The number of nitrogens with one attached hydrogen (secondary N) is 1. The van der Waals surface area contributed by atoms with Crippen LogP contribution in [0.5, 0.6) is 5.75 Å². The lowest BCUT2D eigenvalue weighted by Crippen LogP contribution is -2.32. The van der Waals surface area contributed by atoms with E-state index >= 15 is 0 Å². The third-order valence-corrected chi connectivity index (χ3v) is 6.33. The van der Waals surface area contributed by atoms with Crippen molar-refractivity contribution in [1.82, 2.24) is 4.31 Å². The molecule has 0 saturated carbocycles. The van der Waals surface area contributed by atoms with Gasteiger partial charge in [-0.05, 0) is 28.4 Å². The summed E-state index contributed by atoms with van der Waals surface area (Å²) in [4.78, 5) is 11.5. The monoisotopic (exact) mass is 390 g/mol. The predicted octanol–water partition coefficient (Wildman–Crippen LogP) is 2.59. The second kappa shape index (κ2) is 6.97. The van der Waals surface area contributed by atoms with Crippen LogP contribution in [0.2, 0.25) is 0 Å². The van der Waals surface area contributed by atoms with Gasteiger partial charge in [0.25, 0.3) is 5.91 Å². The number of sulfonamides is 1. The van der Waals surface area contributed by atoms with E-state index in [9.17, 15) is 13.2 Å². The first-order valence-electron chi connectivity index (χ1n) is 7.16. The Bertz CT molecular complexity index is 676. The molecule has 0 bridgehead atoms. The van der Waals surface area contributed by atoms with Crippen LogP contribution in [0.3, 0.4) is 0 Å². The number of rotatable bonds is 6. The molecule has 0 aliphatic carbocycles. The highest BCUT2D eigenvalue weighted by molar-refractivity contribution is 9.10. The van der Waals surface area contributed by atoms with E-state index < -0.39 is 10.0 Å². The highest BCUT2D eigenvalue weighted by atomic mass is 79.9. The average molecular weight is 391 g/mol. The van der Waals surface area contributed by atoms with Crippen LogP contribution in [0.4, 0.5) is 5.69 Å². The Labute approximate surface area is 139 Å². The molecule has 0 unspecified atom stereocenters. The Morgan fingerprint density at radius 2 is 2.09 bits per heavy atom. The number of carbonyl (C=O) groups excluding carboxylic acids is 1. The number of carbonyl (C=O) groups is 1. The smallest absolute Gasteiger partial charge is 0.262 e. The number of hydrogen-bond acceptors (Lipinski definition) is 4. The average Bonchev–Trinajstić information content (AvgIpc) is 2.46. The van der Waals surface area contributed by atoms with Gasteiger partial charge in [-0.2, -0.15) is 4.31 Å². The zero-order chi connectivity index (χ0) is 16.3. The van der Waals surface area contributed by atoms with E-state index in [-0.39, 0.29) is 17.4 Å². The fraction of sp³-hybridized carbons (Fsp3) is 0.500. The molecule has 122 valence electrons. The first kappa shape index (κ1) is 17.2. The van der Waals surface area contributed by atoms with Crippen molar-refractivity contribution in [1.29, 1.82) is 0 Å². The molecule has 0 fully saturated rings. The van der Waals surface area contributed by atoms with Gasteiger partial charge in [-0.15, -0.1) is 0 Å². The minimum absolute atomic E-state index is 0.110. The zero-order valence-electron chi connectivity index (χ0n) is 12.6. The van der Waals surface area contributed by atoms with E-state index in [1.165, 1.54) is 10.4 Å². The van der Waals surface area contributed by atoms with Crippen molar-refractivity contribution >= 4 is 37.5 Å². The molecule has 1 heterocycles. The van der Waals surface area contributed by atoms with Gasteiger partial charge in [0.15, 0.2) is 6.61 Å². The summed E-state index contributed by atoms with van der Waals surface area (Å²) in [5.41, 5.74) is 0.471. The van der Waals surface area contributed by atoms with Gasteiger partial charge in [0, 0.05) is 23.6 Å². The number of unbranched alkanes of at least 4 members (excludes halogenated alkanes) is 1. The molecule has 1 aliphatic heterocycles. The fourth-order valence-electron chi connectivity index (χ4n) is 2.20. The second-order valence-electron chi connectivity index (χ2n) is 4.97. The van der Waals surface area contributed by atoms with Gasteiger partial charge in [0.1, 0.15) is 10.6 Å². The van der Waals surface area contributed by atoms with Crippen molar-refractivity contribution < 1.29 is 17.9 Å². The first-order chi connectivity index (χ1) is 10.4. The lowest BCUT2D eigenvalue weighted by atomic mass is 10.2. The lowest BCUT2D eigenvalue weighted by Gasteiger charge is -2.23. The van der Waals surface area contributed by atoms with Crippen molar-refractivity contribution in [2.45, 2.75) is 31.6 Å². The van der Waals surface area contributed by atoms with Gasteiger partial charge >= 0.3 is 0 Å². The van der Waals surface area contributed by atoms with Gasteiger partial charge in [-0.3, -0.25) is 4.79 Å². The minimum atomic E-state index is -3.61. The summed E-state index contributed by atoms with van der Waals surface area (Å²) < 4.78 is 32.7. The van der Waals surface area contributed by atoms with Crippen molar-refractivity contribution in [2.24, 2.45) is 0 Å². The first-order valence-corrected chi connectivity index (χ1v) is 9.39. The summed E-state index contributed by atoms with van der Waals surface area (Å²) >= 11 is 3.28. The number of ether oxygens (including phenoxy) is 1. The molecular weight excluding hydrogens is 372 g/mol. The quantitative estimate of drug-likeness (QED) is 0.809. The molecule has 0 radical (unpaired) electrons. The minimum Gasteiger partial charge on any atom is -0.482 e. The molecule has 22 heavy (non-hydrogen) atoms. The Hall–Kier alpha value is -1.12. The largest absolute Gasteiger partial charge is 0.482 e. The van der Waals surface area contributed by atoms with E-state index in [1.54, 1.807) is 6.07 Å². The molecule has 0 spiro atoms. The van der Waals surface area contributed by atoms with E-state index in [4.69, 9.17) is 4.74 Å². The van der Waals surface area contributed by atoms with Crippen molar-refractivity contribution in [3.8, 4) is 5.75 Å². The molecular formula is C14H19BrN2O4S. The number of halogens is 1. The van der Waals surface area contributed by atoms with Crippen LogP contribution in [0.25, 0.3) is 0 Å². The van der Waals surface area contributed by atoms with Crippen molar-refractivity contribution in [3.05, 3.63) is 16.6 Å². The third-order valence-electron chi connectivity index (χ3n) is 3.40. The molecule has 0 aromatic heterocycles. The molecule has 8 heteroatoms. The molecule has 1 amide bonds. The van der Waals surface area contributed by atoms with Gasteiger partial charge in [-0.1, -0.05) is 20.3 Å². The van der Waals surface area contributed by atoms with Crippen molar-refractivity contribution in [3.63, 3.8) is 0 Å². The summed E-state index contributed by atoms with van der Waals surface area (Å²) in [6, 6.07) is 3.02. The third kappa shape index (κ3) is 3.44. The van der Waals surface area contributed by atoms with E-state index in [2.05, 4.69) is 21.2 Å². The molecule has 1 aromatic carbocycles. The molecule has 1 aliphatic rings. The second-order valence-corrected chi connectivity index (χ2v) is 7.73. The highest BCUT2D eigenvalue weighted by Gasteiger charge is 2.28. The maximum Gasteiger partial charge on any atom is 0.262 e. The van der Waals surface area contributed by atoms with Crippen LogP contribution >= 0.6 is 15.9 Å². The van der Waals surface area contributed by atoms with Gasteiger partial charge in [0.2, 0.25) is 10.0 Å². The Morgan fingerprint density at radius 1 is 1.36 bits per heavy atom. The molecule has 2 rings (SSSR count). The number of benzene rings is 1. The summed E-state index contributed by atoms with van der Waals surface area (Å²) in [6.45, 7) is 4.61. The van der Waals surface area contributed by atoms with E-state index in [1.807, 2.05) is 13.8 Å². The maximum atomic E-state index is 12.8. The number of fused-ring (bicyclic) bond motifs is 1. The van der Waals surface area contributed by atoms with Gasteiger partial charge in [-0.25, -0.2) is 8.42 Å². The van der Waals surface area contributed by atoms with Crippen LogP contribution in [0, 0.1) is 0 Å². The predicted molar refractivity (Wildman–Crippen MR) is 87.6 cm³/mol. The standard InChI is InChI=1S/C14H19BrN2O4S/c1-3-5-6-17(4-2)22(19,20)13-8-12-11(7-10(13)15)16-14(18)9-21-12/h7-8H,3-6,9H2,1-2H3,(H,16,18). The Kier molecular flexibility index (Phi) is 5.46. The maximum absolute atomic E-state index is 12.8. The summed E-state index contributed by atoms with van der Waals surface area (Å²) in [6.07, 6.45) is 1.73. The zero-order valence-corrected chi connectivity index (χ0v) is 15.0. The summed E-state index contributed by atoms with van der Waals surface area (Å²) in [5, 5.41) is 2.65. The number of nitrogens with zero attached hydrogens (tertiary/aromatic N) is 1. The lowest BCUT2D eigenvalue weighted by molar-refractivity contribution is -0.118. The topological polar surface area (TPSA) is 75.7 Å². The molecule has 0 saturated heterocycles. The Balaban J connectivity index is 2.40. The van der Waals surface area contributed by atoms with E-state index in [0.29, 0.717) is 29.0 Å². The van der Waals surface area contributed by atoms with Crippen LogP contribution in [-0.2, 0) is 14.8 Å². The number of anilines is 1. The summed E-state index contributed by atoms with van der Waals surface area (Å²) in [7, 11) is -3.61. The van der Waals surface area contributed by atoms with Crippen LogP contribution in [0.1, 0.15) is 26.7 Å². The highest BCUT2D eigenvalue weighted by Crippen LogP contribution is 2.36. The number of hydrogen-bond donors (Lipinski definition) is 1. The van der Waals surface area contributed by atoms with Gasteiger partial charge in [0.05, 0.1) is 5.69 Å². The molecule has 1 N–H and O–H groups in total. The number of amides is 1. The fourth-order valence-corrected chi connectivity index (χ4v) is 4.71. The van der Waals surface area contributed by atoms with Crippen LogP contribution in [-0.4, -0.2) is 38.3 Å². The normalized spacial score (nSPS) is 14.5. The summed E-state index contributed by atoms with van der Waals surface area (Å²) in [5.74, 6) is 0.112. The van der Waals surface area contributed by atoms with Crippen molar-refractivity contribution in [2.75, 3.05) is 25.0 Å². The van der Waals surface area contributed by atoms with Crippen LogP contribution in [0.15, 0.2) is 21.5 Å². The van der Waals surface area contributed by atoms with Gasteiger partial charge < -0.3 is 10.1 Å². The molecule has 0 atom stereocenters.